The Morgan fingerprint density at radius 2 is 2.56 bits per heavy atom. The largest absolute Gasteiger partial charge is 0.230 e. The van der Waals surface area contributed by atoms with E-state index in [2.05, 4.69) is 28.0 Å². The molecule has 0 amide bonds. The van der Waals surface area contributed by atoms with Gasteiger partial charge in [0.05, 0.1) is 6.20 Å². The molecule has 1 aliphatic heterocycles. The summed E-state index contributed by atoms with van der Waals surface area (Å²) in [5.74, 6) is 0. The van der Waals surface area contributed by atoms with Crippen molar-refractivity contribution in [2.24, 2.45) is 0 Å². The van der Waals surface area contributed by atoms with Gasteiger partial charge in [-0.2, -0.15) is 5.10 Å². The maximum atomic E-state index is 3.12. The van der Waals surface area contributed by atoms with Crippen LogP contribution in [-0.4, -0.2) is 5.10 Å². The van der Waals surface area contributed by atoms with Gasteiger partial charge in [-0.1, -0.05) is 6.08 Å². The van der Waals surface area contributed by atoms with Crippen molar-refractivity contribution in [3.63, 3.8) is 0 Å². The summed E-state index contributed by atoms with van der Waals surface area (Å²) in [6.45, 7) is 1.10. The van der Waals surface area contributed by atoms with Gasteiger partial charge in [-0.05, 0) is 0 Å². The number of aromatic amines is 1. The number of fused-ring (bicyclic) bond motifs is 1. The number of nitrogens with one attached hydrogen (secondary N) is 1. The molecule has 2 rings (SSSR count). The number of H-pyrrole nitrogens is 1. The first-order valence-corrected chi connectivity index (χ1v) is 3.20. The molecule has 2 heterocycles. The highest BCUT2D eigenvalue weighted by Gasteiger charge is 2.10. The molecule has 0 saturated heterocycles. The quantitative estimate of drug-likeness (QED) is 0.488. The van der Waals surface area contributed by atoms with Crippen LogP contribution in [0.15, 0.2) is 18.3 Å². The number of hydrogen-bond acceptors (Lipinski definition) is 0. The number of nitrogens with zero attached hydrogens (tertiary/aromatic N) is 1. The SMILES string of the molecule is C1=Cc2cc[nH][n+]2CC1. The van der Waals surface area contributed by atoms with Crippen molar-refractivity contribution in [3.8, 4) is 0 Å². The average Bonchev–Trinajstić information content (AvgIpc) is 2.33. The minimum atomic E-state index is 1.10. The number of aryl methyl sites for hydroxylation is 1. The Balaban J connectivity index is 2.53. The average molecular weight is 121 g/mol. The predicted octanol–water partition coefficient (Wildman–Crippen LogP) is 0.719. The third-order valence-corrected chi connectivity index (χ3v) is 1.60. The Bertz CT molecular complexity index is 235. The van der Waals surface area contributed by atoms with E-state index in [1.165, 1.54) is 5.69 Å². The molecule has 2 heteroatoms. The fourth-order valence-corrected chi connectivity index (χ4v) is 1.12. The van der Waals surface area contributed by atoms with Crippen LogP contribution in [0, 0.1) is 0 Å². The molecular weight excluding hydrogens is 112 g/mol. The summed E-state index contributed by atoms with van der Waals surface area (Å²) in [5.41, 5.74) is 1.28. The van der Waals surface area contributed by atoms with Gasteiger partial charge in [0, 0.05) is 18.6 Å². The first-order chi connectivity index (χ1) is 4.47. The summed E-state index contributed by atoms with van der Waals surface area (Å²) in [6.07, 6.45) is 7.45. The van der Waals surface area contributed by atoms with Crippen LogP contribution in [0.25, 0.3) is 6.08 Å². The molecule has 0 aromatic carbocycles. The molecule has 9 heavy (non-hydrogen) atoms. The minimum Gasteiger partial charge on any atom is -0.173 e. The Morgan fingerprint density at radius 1 is 1.56 bits per heavy atom. The molecule has 0 saturated carbocycles. The van der Waals surface area contributed by atoms with Gasteiger partial charge in [-0.3, -0.25) is 0 Å². The van der Waals surface area contributed by atoms with Gasteiger partial charge in [-0.15, -0.1) is 4.68 Å². The van der Waals surface area contributed by atoms with E-state index in [-0.39, 0.29) is 0 Å². The van der Waals surface area contributed by atoms with E-state index >= 15 is 0 Å². The lowest BCUT2D eigenvalue weighted by molar-refractivity contribution is -0.752. The molecule has 0 fully saturated rings. The third kappa shape index (κ3) is 0.669. The van der Waals surface area contributed by atoms with Crippen molar-refractivity contribution >= 4 is 6.08 Å². The fourth-order valence-electron chi connectivity index (χ4n) is 1.12. The van der Waals surface area contributed by atoms with Crippen LogP contribution in [0.2, 0.25) is 0 Å². The third-order valence-electron chi connectivity index (χ3n) is 1.60. The van der Waals surface area contributed by atoms with Gasteiger partial charge in [0.15, 0.2) is 6.54 Å². The number of allylic oxidation sites excluding steroid dienone is 1. The Hall–Kier alpha value is -1.05. The lowest BCUT2D eigenvalue weighted by atomic mass is 10.2. The minimum absolute atomic E-state index is 1.10. The summed E-state index contributed by atoms with van der Waals surface area (Å²) in [7, 11) is 0. The maximum Gasteiger partial charge on any atom is 0.230 e. The first kappa shape index (κ1) is 4.79. The zero-order valence-corrected chi connectivity index (χ0v) is 5.17. The Kier molecular flexibility index (Phi) is 0.918. The van der Waals surface area contributed by atoms with Crippen molar-refractivity contribution in [1.29, 1.82) is 0 Å². The zero-order valence-electron chi connectivity index (χ0n) is 5.17. The zero-order chi connectivity index (χ0) is 6.10. The molecule has 0 unspecified atom stereocenters. The highest BCUT2D eigenvalue weighted by atomic mass is 15.3. The molecule has 1 aromatic heterocycles. The second-order valence-electron chi connectivity index (χ2n) is 2.23. The van der Waals surface area contributed by atoms with Crippen LogP contribution >= 0.6 is 0 Å². The second kappa shape index (κ2) is 1.72. The van der Waals surface area contributed by atoms with E-state index in [1.807, 2.05) is 6.20 Å². The van der Waals surface area contributed by atoms with E-state index in [9.17, 15) is 0 Å². The summed E-state index contributed by atoms with van der Waals surface area (Å²) in [6, 6.07) is 2.08. The molecule has 1 N–H and O–H groups in total. The monoisotopic (exact) mass is 121 g/mol. The standard InChI is InChI=1S/C7H8N2/c1-2-6-9-7(3-1)4-5-8-9/h1,3-5H,2,6H2/p+1. The molecule has 0 aliphatic carbocycles. The smallest absolute Gasteiger partial charge is 0.173 e. The normalized spacial score (nSPS) is 15.6. The number of hydrogen-bond donors (Lipinski definition) is 1. The lowest BCUT2D eigenvalue weighted by Gasteiger charge is -1.95. The van der Waals surface area contributed by atoms with Crippen LogP contribution in [0.1, 0.15) is 12.1 Å². The van der Waals surface area contributed by atoms with Gasteiger partial charge in [0.25, 0.3) is 0 Å². The van der Waals surface area contributed by atoms with Crippen LogP contribution < -0.4 is 4.68 Å². The molecule has 1 aromatic rings. The highest BCUT2D eigenvalue weighted by Crippen LogP contribution is 2.00. The summed E-state index contributed by atoms with van der Waals surface area (Å²) in [4.78, 5) is 0. The molecule has 0 bridgehead atoms. The topological polar surface area (TPSA) is 19.7 Å². The Morgan fingerprint density at radius 3 is 3.44 bits per heavy atom. The molecule has 0 spiro atoms. The number of rotatable bonds is 0. The fraction of sp³-hybridized carbons (Fsp3) is 0.286. The molecule has 46 valence electrons. The molecule has 1 aliphatic rings. The van der Waals surface area contributed by atoms with Gasteiger partial charge < -0.3 is 0 Å². The summed E-state index contributed by atoms with van der Waals surface area (Å²) in [5, 5.41) is 3.12. The van der Waals surface area contributed by atoms with Gasteiger partial charge in [-0.25, -0.2) is 0 Å². The van der Waals surface area contributed by atoms with Gasteiger partial charge >= 0.3 is 0 Å². The highest BCUT2D eigenvalue weighted by molar-refractivity contribution is 5.40. The lowest BCUT2D eigenvalue weighted by Crippen LogP contribution is -2.39. The van der Waals surface area contributed by atoms with Gasteiger partial charge in [0.2, 0.25) is 5.69 Å². The summed E-state index contributed by atoms with van der Waals surface area (Å²) < 4.78 is 2.14. The van der Waals surface area contributed by atoms with E-state index in [0.717, 1.165) is 13.0 Å². The molecule has 0 atom stereocenters. The van der Waals surface area contributed by atoms with E-state index in [1.54, 1.807) is 0 Å². The van der Waals surface area contributed by atoms with Crippen molar-refractivity contribution < 1.29 is 4.68 Å². The Labute approximate surface area is 53.8 Å². The van der Waals surface area contributed by atoms with Crippen LogP contribution in [0.3, 0.4) is 0 Å². The molecule has 0 radical (unpaired) electrons. The van der Waals surface area contributed by atoms with Crippen molar-refractivity contribution in [3.05, 3.63) is 24.0 Å². The van der Waals surface area contributed by atoms with Crippen molar-refractivity contribution in [2.45, 2.75) is 13.0 Å². The van der Waals surface area contributed by atoms with Crippen molar-refractivity contribution in [2.75, 3.05) is 0 Å². The molecule has 2 nitrogen and oxygen atoms in total. The van der Waals surface area contributed by atoms with Gasteiger partial charge in [0.1, 0.15) is 0 Å². The second-order valence-corrected chi connectivity index (χ2v) is 2.23. The van der Waals surface area contributed by atoms with Crippen LogP contribution in [-0.2, 0) is 6.54 Å². The van der Waals surface area contributed by atoms with Crippen LogP contribution in [0.4, 0.5) is 0 Å². The maximum absolute atomic E-state index is 3.12. The first-order valence-electron chi connectivity index (χ1n) is 3.20. The van der Waals surface area contributed by atoms with Crippen molar-refractivity contribution in [1.82, 2.24) is 5.10 Å². The van der Waals surface area contributed by atoms with Crippen LogP contribution in [0.5, 0.6) is 0 Å². The number of aromatic nitrogens is 2. The summed E-state index contributed by atoms with van der Waals surface area (Å²) >= 11 is 0. The van der Waals surface area contributed by atoms with E-state index in [0.29, 0.717) is 0 Å². The molecular formula is C7H9N2+. The van der Waals surface area contributed by atoms with E-state index in [4.69, 9.17) is 0 Å². The predicted molar refractivity (Wildman–Crippen MR) is 34.6 cm³/mol. The van der Waals surface area contributed by atoms with E-state index < -0.39 is 0 Å².